The van der Waals surface area contributed by atoms with Gasteiger partial charge in [-0.15, -0.1) is 0 Å². The van der Waals surface area contributed by atoms with Crippen LogP contribution in [0.15, 0.2) is 0 Å². The highest BCUT2D eigenvalue weighted by Crippen LogP contribution is 2.29. The molecule has 0 aromatic carbocycles. The van der Waals surface area contributed by atoms with Crippen molar-refractivity contribution in [3.8, 4) is 0 Å². The van der Waals surface area contributed by atoms with Gasteiger partial charge in [0.2, 0.25) is 5.78 Å². The third kappa shape index (κ3) is 7.16. The van der Waals surface area contributed by atoms with Crippen molar-refractivity contribution in [3.05, 3.63) is 5.92 Å². The van der Waals surface area contributed by atoms with Gasteiger partial charge in [0, 0.05) is 0 Å². The summed E-state index contributed by atoms with van der Waals surface area (Å²) in [7, 11) is 0. The molecule has 2 unspecified atom stereocenters. The minimum atomic E-state index is -1.85. The molecule has 0 heterocycles. The van der Waals surface area contributed by atoms with Crippen molar-refractivity contribution in [1.29, 1.82) is 0 Å². The number of carbonyl (C=O) groups excluding carboxylic acids is 2. The van der Waals surface area contributed by atoms with Crippen LogP contribution in [0.4, 0.5) is 0 Å². The molecule has 5 nitrogen and oxygen atoms in total. The van der Waals surface area contributed by atoms with Crippen LogP contribution in [0.5, 0.6) is 0 Å². The molecule has 0 fully saturated rings. The van der Waals surface area contributed by atoms with E-state index in [1.807, 2.05) is 20.8 Å². The van der Waals surface area contributed by atoms with Crippen molar-refractivity contribution in [2.45, 2.75) is 84.5 Å². The highest BCUT2D eigenvalue weighted by molar-refractivity contribution is 6.29. The van der Waals surface area contributed by atoms with Gasteiger partial charge in [0.25, 0.3) is 0 Å². The Morgan fingerprint density at radius 1 is 1.29 bits per heavy atom. The van der Waals surface area contributed by atoms with Gasteiger partial charge in [-0.1, -0.05) is 33.6 Å². The van der Waals surface area contributed by atoms with Gasteiger partial charge in [-0.2, -0.15) is 0 Å². The van der Waals surface area contributed by atoms with Crippen LogP contribution in [-0.2, 0) is 19.4 Å². The van der Waals surface area contributed by atoms with Crippen molar-refractivity contribution in [2.75, 3.05) is 0 Å². The molecule has 0 saturated carbocycles. The molecule has 0 aliphatic carbocycles. The number of carbonyl (C=O) groups is 2. The summed E-state index contributed by atoms with van der Waals surface area (Å²) < 4.78 is 0. The summed E-state index contributed by atoms with van der Waals surface area (Å²) >= 11 is 0. The Balaban J connectivity index is 5.24. The molecular formula is C16H29O5. The van der Waals surface area contributed by atoms with Gasteiger partial charge in [0.05, 0.1) is 5.60 Å². The molecule has 0 aromatic heterocycles. The van der Waals surface area contributed by atoms with Gasteiger partial charge in [-0.05, 0) is 39.5 Å². The molecule has 1 radical (unpaired) electrons. The van der Waals surface area contributed by atoms with Crippen molar-refractivity contribution in [2.24, 2.45) is 0 Å². The molecule has 0 aliphatic rings. The van der Waals surface area contributed by atoms with Crippen LogP contribution >= 0.6 is 0 Å². The summed E-state index contributed by atoms with van der Waals surface area (Å²) in [6.45, 7) is 11.1. The van der Waals surface area contributed by atoms with Crippen molar-refractivity contribution in [3.63, 3.8) is 0 Å². The molecular weight excluding hydrogens is 272 g/mol. The minimum Gasteiger partial charge on any atom is -0.379 e. The van der Waals surface area contributed by atoms with Gasteiger partial charge in [0.1, 0.15) is 6.10 Å². The maximum absolute atomic E-state index is 11.9. The Morgan fingerprint density at radius 2 is 1.86 bits per heavy atom. The Kier molecular flexibility index (Phi) is 8.29. The molecule has 1 N–H and O–H groups in total. The summed E-state index contributed by atoms with van der Waals surface area (Å²) in [6.07, 6.45) is 1.20. The predicted octanol–water partition coefficient (Wildman–Crippen LogP) is 2.80. The Bertz CT molecular complexity index is 332. The Hall–Kier alpha value is -0.780. The van der Waals surface area contributed by atoms with Crippen LogP contribution in [0.2, 0.25) is 0 Å². The molecule has 123 valence electrons. The van der Waals surface area contributed by atoms with E-state index in [0.29, 0.717) is 12.8 Å². The lowest BCUT2D eigenvalue weighted by Crippen LogP contribution is -2.52. The maximum atomic E-state index is 11.9. The average molecular weight is 301 g/mol. The van der Waals surface area contributed by atoms with Crippen LogP contribution in [0, 0.1) is 5.92 Å². The van der Waals surface area contributed by atoms with Gasteiger partial charge < -0.3 is 5.11 Å². The molecule has 0 amide bonds. The molecule has 0 bridgehead atoms. The summed E-state index contributed by atoms with van der Waals surface area (Å²) in [5.74, 6) is 0.117. The second-order valence-electron chi connectivity index (χ2n) is 6.70. The van der Waals surface area contributed by atoms with Crippen molar-refractivity contribution < 1.29 is 24.5 Å². The van der Waals surface area contributed by atoms with Gasteiger partial charge in [-0.25, -0.2) is 9.78 Å². The summed E-state index contributed by atoms with van der Waals surface area (Å²) in [4.78, 5) is 33.4. The Labute approximate surface area is 127 Å². The molecule has 0 aromatic rings. The van der Waals surface area contributed by atoms with Crippen LogP contribution in [0.25, 0.3) is 0 Å². The maximum Gasteiger partial charge on any atom is 0.229 e. The van der Waals surface area contributed by atoms with Crippen molar-refractivity contribution >= 4 is 12.1 Å². The van der Waals surface area contributed by atoms with E-state index in [2.05, 4.69) is 0 Å². The lowest BCUT2D eigenvalue weighted by atomic mass is 9.83. The predicted molar refractivity (Wildman–Crippen MR) is 80.5 cm³/mol. The second kappa shape index (κ2) is 8.61. The fraction of sp³-hybridized carbons (Fsp3) is 0.812. The smallest absolute Gasteiger partial charge is 0.229 e. The van der Waals surface area contributed by atoms with Crippen molar-refractivity contribution in [1.82, 2.24) is 0 Å². The monoisotopic (exact) mass is 301 g/mol. The standard InChI is InChI=1S/C16H29O5/c1-7-8-9-16(19,13(18)11-17)14(10-12(2)3)20-21-15(4,5)6/h11,14,19H,7-10H2,1-6H3. The zero-order valence-electron chi connectivity index (χ0n) is 14.1. The second-order valence-corrected chi connectivity index (χ2v) is 6.70. The molecule has 21 heavy (non-hydrogen) atoms. The molecule has 2 atom stereocenters. The first-order chi connectivity index (χ1) is 9.56. The lowest BCUT2D eigenvalue weighted by molar-refractivity contribution is -0.390. The summed E-state index contributed by atoms with van der Waals surface area (Å²) in [6, 6.07) is 0. The van der Waals surface area contributed by atoms with E-state index in [4.69, 9.17) is 9.78 Å². The lowest BCUT2D eigenvalue weighted by Gasteiger charge is -2.35. The fourth-order valence-corrected chi connectivity index (χ4v) is 1.85. The number of hydrogen-bond donors (Lipinski definition) is 1. The van der Waals surface area contributed by atoms with E-state index in [9.17, 15) is 14.7 Å². The first-order valence-electron chi connectivity index (χ1n) is 7.42. The van der Waals surface area contributed by atoms with E-state index < -0.39 is 23.1 Å². The third-order valence-corrected chi connectivity index (χ3v) is 2.99. The Morgan fingerprint density at radius 3 is 2.24 bits per heavy atom. The number of aldehydes is 1. The fourth-order valence-electron chi connectivity index (χ4n) is 1.85. The molecule has 0 rings (SSSR count). The van der Waals surface area contributed by atoms with E-state index >= 15 is 0 Å². The number of Topliss-reactive ketones (excluding diaryl/α,β-unsaturated/α-hetero) is 1. The normalized spacial score (nSPS) is 16.6. The zero-order chi connectivity index (χ0) is 16.7. The topological polar surface area (TPSA) is 72.8 Å². The highest BCUT2D eigenvalue weighted by Gasteiger charge is 2.45. The van der Waals surface area contributed by atoms with E-state index in [-0.39, 0.29) is 12.7 Å². The zero-order valence-corrected chi connectivity index (χ0v) is 14.1. The largest absolute Gasteiger partial charge is 0.379 e. The van der Waals surface area contributed by atoms with Gasteiger partial charge in [-0.3, -0.25) is 9.59 Å². The van der Waals surface area contributed by atoms with Crippen LogP contribution < -0.4 is 0 Å². The van der Waals surface area contributed by atoms with E-state index in [1.54, 1.807) is 20.8 Å². The van der Waals surface area contributed by atoms with Crippen LogP contribution in [0.3, 0.4) is 0 Å². The number of hydrogen-bond acceptors (Lipinski definition) is 5. The number of rotatable bonds is 10. The van der Waals surface area contributed by atoms with E-state index in [1.165, 1.54) is 0 Å². The molecule has 5 heteroatoms. The van der Waals surface area contributed by atoms with Crippen LogP contribution in [0.1, 0.15) is 67.2 Å². The first-order valence-corrected chi connectivity index (χ1v) is 7.42. The average Bonchev–Trinajstić information content (AvgIpc) is 2.38. The summed E-state index contributed by atoms with van der Waals surface area (Å²) in [5.41, 5.74) is -2.42. The first kappa shape index (κ1) is 20.2. The summed E-state index contributed by atoms with van der Waals surface area (Å²) in [5, 5.41) is 10.7. The van der Waals surface area contributed by atoms with Crippen LogP contribution in [-0.4, -0.2) is 34.5 Å². The highest BCUT2D eigenvalue weighted by atomic mass is 17.2. The quantitative estimate of drug-likeness (QED) is 0.291. The minimum absolute atomic E-state index is 0.161. The van der Waals surface area contributed by atoms with Gasteiger partial charge in [0.15, 0.2) is 11.9 Å². The number of aliphatic hydroxyl groups is 1. The number of unbranched alkanes of at least 4 members (excludes halogenated alkanes) is 1. The molecule has 0 aliphatic heterocycles. The molecule has 0 spiro atoms. The van der Waals surface area contributed by atoms with E-state index in [0.717, 1.165) is 12.3 Å². The third-order valence-electron chi connectivity index (χ3n) is 2.99. The number of ketones is 1. The van der Waals surface area contributed by atoms with Gasteiger partial charge >= 0.3 is 0 Å². The molecule has 0 saturated heterocycles. The SMILES string of the molecule is CCCCC(O)(C(=O)C=O)C(C[C](C)C)OOC(C)(C)C.